The van der Waals surface area contributed by atoms with E-state index in [4.69, 9.17) is 10.3 Å². The van der Waals surface area contributed by atoms with Gasteiger partial charge in [-0.05, 0) is 18.8 Å². The lowest BCUT2D eigenvalue weighted by Gasteiger charge is -2.19. The Balaban J connectivity index is 4.06. The molecule has 5 N–H and O–H groups in total. The molecule has 0 aliphatic carbocycles. The van der Waals surface area contributed by atoms with Gasteiger partial charge in [-0.1, -0.05) is 13.8 Å². The van der Waals surface area contributed by atoms with Crippen LogP contribution in [0.15, 0.2) is 0 Å². The smallest absolute Gasteiger partial charge is 0.326 e. The monoisotopic (exact) mass is 290 g/mol. The standard InChI is InChI=1S/C12H22N2O6/c1-7(2)11(12(18)19)13-10(17)6-8(15)4-3-5-9(16)14-20/h7-8,11,15,20H,3-6H2,1-2H3,(H,13,17)(H,14,16)(H,18,19). The van der Waals surface area contributed by atoms with Gasteiger partial charge in [0.25, 0.3) is 0 Å². The molecular weight excluding hydrogens is 268 g/mol. The number of hydrogen-bond donors (Lipinski definition) is 5. The van der Waals surface area contributed by atoms with E-state index in [2.05, 4.69) is 5.32 Å². The summed E-state index contributed by atoms with van der Waals surface area (Å²) in [4.78, 5) is 33.2. The number of aliphatic hydroxyl groups excluding tert-OH is 1. The first kappa shape index (κ1) is 18.3. The van der Waals surface area contributed by atoms with Gasteiger partial charge in [-0.15, -0.1) is 0 Å². The van der Waals surface area contributed by atoms with Crippen molar-refractivity contribution in [1.29, 1.82) is 0 Å². The lowest BCUT2D eigenvalue weighted by atomic mass is 10.0. The largest absolute Gasteiger partial charge is 0.480 e. The van der Waals surface area contributed by atoms with Gasteiger partial charge in [-0.25, -0.2) is 10.3 Å². The van der Waals surface area contributed by atoms with Crippen molar-refractivity contribution in [3.63, 3.8) is 0 Å². The first-order valence-electron chi connectivity index (χ1n) is 6.41. The molecule has 0 aliphatic heterocycles. The molecule has 0 aromatic rings. The molecule has 116 valence electrons. The van der Waals surface area contributed by atoms with Gasteiger partial charge >= 0.3 is 5.97 Å². The van der Waals surface area contributed by atoms with Crippen LogP contribution < -0.4 is 10.8 Å². The van der Waals surface area contributed by atoms with Crippen molar-refractivity contribution in [3.05, 3.63) is 0 Å². The Kier molecular flexibility index (Phi) is 8.49. The number of carboxylic acids is 1. The molecule has 2 unspecified atom stereocenters. The van der Waals surface area contributed by atoms with Crippen LogP contribution in [0.4, 0.5) is 0 Å². The third-order valence-corrected chi connectivity index (χ3v) is 2.74. The zero-order valence-electron chi connectivity index (χ0n) is 11.6. The van der Waals surface area contributed by atoms with Crippen LogP contribution in [0.2, 0.25) is 0 Å². The molecular formula is C12H22N2O6. The first-order valence-corrected chi connectivity index (χ1v) is 6.41. The molecule has 2 amide bonds. The number of nitrogens with one attached hydrogen (secondary N) is 2. The Hall–Kier alpha value is -1.67. The zero-order chi connectivity index (χ0) is 15.7. The second kappa shape index (κ2) is 9.27. The van der Waals surface area contributed by atoms with Crippen molar-refractivity contribution in [3.8, 4) is 0 Å². The Labute approximate surface area is 117 Å². The van der Waals surface area contributed by atoms with Gasteiger partial charge in [0, 0.05) is 6.42 Å². The lowest BCUT2D eigenvalue weighted by molar-refractivity contribution is -0.143. The molecule has 0 bridgehead atoms. The minimum Gasteiger partial charge on any atom is -0.480 e. The molecule has 0 aromatic carbocycles. The Morgan fingerprint density at radius 3 is 2.20 bits per heavy atom. The number of hydroxylamine groups is 1. The molecule has 0 saturated carbocycles. The number of carbonyl (C=O) groups is 3. The maximum Gasteiger partial charge on any atom is 0.326 e. The summed E-state index contributed by atoms with van der Waals surface area (Å²) < 4.78 is 0. The van der Waals surface area contributed by atoms with Gasteiger partial charge in [0.05, 0.1) is 12.5 Å². The van der Waals surface area contributed by atoms with Gasteiger partial charge in [0.15, 0.2) is 0 Å². The summed E-state index contributed by atoms with van der Waals surface area (Å²) in [6.07, 6.45) is -0.618. The molecule has 0 aromatic heterocycles. The summed E-state index contributed by atoms with van der Waals surface area (Å²) in [7, 11) is 0. The van der Waals surface area contributed by atoms with Crippen LogP contribution in [0.3, 0.4) is 0 Å². The number of rotatable bonds is 9. The normalized spacial score (nSPS) is 13.7. The quantitative estimate of drug-likeness (QED) is 0.290. The average molecular weight is 290 g/mol. The molecule has 2 atom stereocenters. The van der Waals surface area contributed by atoms with E-state index in [-0.39, 0.29) is 25.2 Å². The fourth-order valence-electron chi connectivity index (χ4n) is 1.62. The second-order valence-electron chi connectivity index (χ2n) is 4.91. The van der Waals surface area contributed by atoms with Gasteiger partial charge in [-0.3, -0.25) is 14.8 Å². The highest BCUT2D eigenvalue weighted by Crippen LogP contribution is 2.07. The highest BCUT2D eigenvalue weighted by atomic mass is 16.5. The number of amides is 2. The summed E-state index contributed by atoms with van der Waals surface area (Å²) >= 11 is 0. The number of aliphatic carboxylic acids is 1. The SMILES string of the molecule is CC(C)C(NC(=O)CC(O)CCCC(=O)NO)C(=O)O. The van der Waals surface area contributed by atoms with Crippen molar-refractivity contribution >= 4 is 17.8 Å². The Morgan fingerprint density at radius 2 is 1.75 bits per heavy atom. The van der Waals surface area contributed by atoms with E-state index >= 15 is 0 Å². The molecule has 0 aliphatic rings. The van der Waals surface area contributed by atoms with Crippen LogP contribution in [0, 0.1) is 5.92 Å². The first-order chi connectivity index (χ1) is 9.27. The molecule has 20 heavy (non-hydrogen) atoms. The topological polar surface area (TPSA) is 136 Å². The fraction of sp³-hybridized carbons (Fsp3) is 0.750. The Morgan fingerprint density at radius 1 is 1.15 bits per heavy atom. The van der Waals surface area contributed by atoms with Crippen molar-refractivity contribution in [2.24, 2.45) is 5.92 Å². The number of carboxylic acid groups (broad SMARTS) is 1. The second-order valence-corrected chi connectivity index (χ2v) is 4.91. The maximum atomic E-state index is 11.6. The van der Waals surface area contributed by atoms with E-state index in [1.165, 1.54) is 5.48 Å². The van der Waals surface area contributed by atoms with Crippen molar-refractivity contribution in [2.75, 3.05) is 0 Å². The third kappa shape index (κ3) is 7.70. The average Bonchev–Trinajstić information content (AvgIpc) is 2.34. The van der Waals surface area contributed by atoms with E-state index in [1.54, 1.807) is 13.8 Å². The minimum atomic E-state index is -1.12. The number of carbonyl (C=O) groups excluding carboxylic acids is 2. The molecule has 0 fully saturated rings. The molecule has 0 saturated heterocycles. The molecule has 0 heterocycles. The summed E-state index contributed by atoms with van der Waals surface area (Å²) in [5.41, 5.74) is 1.47. The van der Waals surface area contributed by atoms with E-state index in [0.29, 0.717) is 6.42 Å². The fourth-order valence-corrected chi connectivity index (χ4v) is 1.62. The lowest BCUT2D eigenvalue weighted by Crippen LogP contribution is -2.45. The third-order valence-electron chi connectivity index (χ3n) is 2.74. The van der Waals surface area contributed by atoms with Crippen LogP contribution in [0.5, 0.6) is 0 Å². The maximum absolute atomic E-state index is 11.6. The predicted molar refractivity (Wildman–Crippen MR) is 68.8 cm³/mol. The van der Waals surface area contributed by atoms with Crippen LogP contribution in [0.1, 0.15) is 39.5 Å². The van der Waals surface area contributed by atoms with Crippen LogP contribution >= 0.6 is 0 Å². The predicted octanol–water partition coefficient (Wildman–Crippen LogP) is -0.361. The van der Waals surface area contributed by atoms with Gasteiger partial charge in [0.2, 0.25) is 11.8 Å². The summed E-state index contributed by atoms with van der Waals surface area (Å²) in [6, 6.07) is -0.991. The molecule has 8 nitrogen and oxygen atoms in total. The van der Waals surface area contributed by atoms with Crippen molar-refractivity contribution in [1.82, 2.24) is 10.8 Å². The summed E-state index contributed by atoms with van der Waals surface area (Å²) in [5, 5.41) is 29.1. The van der Waals surface area contributed by atoms with E-state index < -0.39 is 29.9 Å². The molecule has 0 radical (unpaired) electrons. The number of hydrogen-bond acceptors (Lipinski definition) is 5. The van der Waals surface area contributed by atoms with Gasteiger partial charge < -0.3 is 15.5 Å². The van der Waals surface area contributed by atoms with Crippen LogP contribution in [-0.2, 0) is 14.4 Å². The van der Waals surface area contributed by atoms with Crippen molar-refractivity contribution in [2.45, 2.75) is 51.7 Å². The molecule has 8 heteroatoms. The Bertz CT molecular complexity index is 345. The van der Waals surface area contributed by atoms with Crippen LogP contribution in [0.25, 0.3) is 0 Å². The van der Waals surface area contributed by atoms with Crippen LogP contribution in [-0.4, -0.2) is 45.3 Å². The van der Waals surface area contributed by atoms with Crippen molar-refractivity contribution < 1.29 is 29.8 Å². The number of aliphatic hydroxyl groups is 1. The summed E-state index contributed by atoms with van der Waals surface area (Å²) in [5.74, 6) is -2.50. The molecule has 0 spiro atoms. The minimum absolute atomic E-state index is 0.0406. The molecule has 0 rings (SSSR count). The van der Waals surface area contributed by atoms with Gasteiger partial charge in [-0.2, -0.15) is 0 Å². The summed E-state index contributed by atoms with van der Waals surface area (Å²) in [6.45, 7) is 3.34. The zero-order valence-corrected chi connectivity index (χ0v) is 11.6. The van der Waals surface area contributed by atoms with E-state index in [0.717, 1.165) is 0 Å². The highest BCUT2D eigenvalue weighted by molar-refractivity contribution is 5.83. The van der Waals surface area contributed by atoms with E-state index in [9.17, 15) is 19.5 Å². The van der Waals surface area contributed by atoms with Gasteiger partial charge in [0.1, 0.15) is 6.04 Å². The van der Waals surface area contributed by atoms with E-state index in [1.807, 2.05) is 0 Å². The highest BCUT2D eigenvalue weighted by Gasteiger charge is 2.24.